The van der Waals surface area contributed by atoms with E-state index in [-0.39, 0.29) is 18.5 Å². The van der Waals surface area contributed by atoms with Gasteiger partial charge in [-0.15, -0.1) is 0 Å². The van der Waals surface area contributed by atoms with Gasteiger partial charge in [-0.2, -0.15) is 5.10 Å². The lowest BCUT2D eigenvalue weighted by Crippen LogP contribution is -2.36. The second kappa shape index (κ2) is 9.36. The Kier molecular flexibility index (Phi) is 7.18. The van der Waals surface area contributed by atoms with Crippen LogP contribution in [-0.4, -0.2) is 23.8 Å². The molecule has 0 saturated heterocycles. The summed E-state index contributed by atoms with van der Waals surface area (Å²) in [6.45, 7) is 6.55. The smallest absolute Gasteiger partial charge is 0.332 e. The predicted molar refractivity (Wildman–Crippen MR) is 102 cm³/mol. The number of nitrogens with zero attached hydrogens (tertiary/aromatic N) is 1. The number of esters is 1. The van der Waals surface area contributed by atoms with Gasteiger partial charge in [0.05, 0.1) is 12.1 Å². The van der Waals surface area contributed by atoms with E-state index in [0.717, 1.165) is 18.4 Å². The van der Waals surface area contributed by atoms with Crippen molar-refractivity contribution >= 4 is 17.7 Å². The molecule has 0 aliphatic heterocycles. The van der Waals surface area contributed by atoms with Gasteiger partial charge in [0.15, 0.2) is 0 Å². The van der Waals surface area contributed by atoms with Crippen LogP contribution >= 0.6 is 0 Å². The van der Waals surface area contributed by atoms with Crippen molar-refractivity contribution < 1.29 is 14.3 Å². The van der Waals surface area contributed by atoms with Crippen LogP contribution in [0.15, 0.2) is 35.4 Å². The van der Waals surface area contributed by atoms with Gasteiger partial charge in [-0.1, -0.05) is 57.5 Å². The molecule has 0 heterocycles. The van der Waals surface area contributed by atoms with Crippen LogP contribution in [0.2, 0.25) is 0 Å². The first kappa shape index (κ1) is 19.9. The minimum absolute atomic E-state index is 0.0139. The monoisotopic (exact) mass is 359 g/mol. The average Bonchev–Trinajstić information content (AvgIpc) is 2.59. The van der Waals surface area contributed by atoms with E-state index in [1.807, 2.05) is 30.3 Å². The van der Waals surface area contributed by atoms with E-state index in [4.69, 9.17) is 10.5 Å². The largest absolute Gasteiger partial charge is 0.462 e. The lowest BCUT2D eigenvalue weighted by molar-refractivity contribution is -0.154. The van der Waals surface area contributed by atoms with Crippen LogP contribution < -0.4 is 11.2 Å². The van der Waals surface area contributed by atoms with Crippen molar-refractivity contribution in [3.63, 3.8) is 0 Å². The van der Waals surface area contributed by atoms with Crippen LogP contribution in [0, 0.1) is 17.8 Å². The predicted octanol–water partition coefficient (Wildman–Crippen LogP) is 3.45. The fourth-order valence-electron chi connectivity index (χ4n) is 3.56. The van der Waals surface area contributed by atoms with E-state index in [9.17, 15) is 9.59 Å². The van der Waals surface area contributed by atoms with Gasteiger partial charge < -0.3 is 10.5 Å². The molecule has 1 aliphatic carbocycles. The Morgan fingerprint density at radius 3 is 2.58 bits per heavy atom. The van der Waals surface area contributed by atoms with Gasteiger partial charge in [-0.3, -0.25) is 4.79 Å². The molecule has 0 spiro atoms. The molecule has 3 atom stereocenters. The van der Waals surface area contributed by atoms with Gasteiger partial charge in [-0.05, 0) is 36.2 Å². The summed E-state index contributed by atoms with van der Waals surface area (Å²) >= 11 is 0. The molecule has 142 valence electrons. The Morgan fingerprint density at radius 2 is 1.96 bits per heavy atom. The first-order chi connectivity index (χ1) is 12.4. The van der Waals surface area contributed by atoms with Crippen molar-refractivity contribution in [2.24, 2.45) is 28.6 Å². The molecule has 1 saturated carbocycles. The van der Waals surface area contributed by atoms with Crippen LogP contribution in [0.1, 0.15) is 52.0 Å². The van der Waals surface area contributed by atoms with Crippen molar-refractivity contribution in [3.05, 3.63) is 35.9 Å². The molecule has 0 unspecified atom stereocenters. The molecule has 3 N–H and O–H groups in total. The topological polar surface area (TPSA) is 93.8 Å². The highest BCUT2D eigenvalue weighted by Crippen LogP contribution is 2.35. The Bertz CT molecular complexity index is 643. The maximum absolute atomic E-state index is 12.6. The molecule has 26 heavy (non-hydrogen) atoms. The highest BCUT2D eigenvalue weighted by atomic mass is 16.5. The Hall–Kier alpha value is -2.37. The quantitative estimate of drug-likeness (QED) is 0.463. The second-order valence-corrected chi connectivity index (χ2v) is 7.43. The Labute approximate surface area is 155 Å². The molecule has 6 nitrogen and oxygen atoms in total. The number of hydrogen-bond acceptors (Lipinski definition) is 4. The number of hydrazone groups is 1. The van der Waals surface area contributed by atoms with Gasteiger partial charge >= 0.3 is 12.0 Å². The lowest BCUT2D eigenvalue weighted by Gasteiger charge is -2.36. The van der Waals surface area contributed by atoms with Crippen LogP contribution in [0.3, 0.4) is 0 Å². The summed E-state index contributed by atoms with van der Waals surface area (Å²) in [4.78, 5) is 23.5. The van der Waals surface area contributed by atoms with Crippen molar-refractivity contribution in [2.75, 3.05) is 0 Å². The van der Waals surface area contributed by atoms with Gasteiger partial charge in [0.25, 0.3) is 0 Å². The number of benzene rings is 1. The fraction of sp³-hybridized carbons (Fsp3) is 0.550. The molecule has 1 aromatic carbocycles. The Balaban J connectivity index is 2.08. The van der Waals surface area contributed by atoms with Gasteiger partial charge in [0, 0.05) is 0 Å². The first-order valence-corrected chi connectivity index (χ1v) is 9.23. The van der Waals surface area contributed by atoms with E-state index in [1.165, 1.54) is 6.42 Å². The van der Waals surface area contributed by atoms with E-state index >= 15 is 0 Å². The molecule has 2 rings (SSSR count). The lowest BCUT2D eigenvalue weighted by atomic mass is 9.75. The highest BCUT2D eigenvalue weighted by molar-refractivity contribution is 6.09. The third-order valence-corrected chi connectivity index (χ3v) is 4.96. The third-order valence-electron chi connectivity index (χ3n) is 4.96. The number of primary amides is 1. The molecule has 1 aromatic rings. The average molecular weight is 359 g/mol. The maximum atomic E-state index is 12.6. The minimum atomic E-state index is -0.771. The molecule has 1 fully saturated rings. The zero-order chi connectivity index (χ0) is 19.1. The van der Waals surface area contributed by atoms with Gasteiger partial charge in [-0.25, -0.2) is 10.2 Å². The van der Waals surface area contributed by atoms with Crippen molar-refractivity contribution in [1.82, 2.24) is 5.43 Å². The minimum Gasteiger partial charge on any atom is -0.462 e. The van der Waals surface area contributed by atoms with Crippen molar-refractivity contribution in [3.8, 4) is 0 Å². The zero-order valence-corrected chi connectivity index (χ0v) is 15.8. The number of nitrogens with two attached hydrogens (primary N) is 1. The highest BCUT2D eigenvalue weighted by Gasteiger charge is 2.33. The van der Waals surface area contributed by atoms with Crippen LogP contribution in [-0.2, 0) is 9.53 Å². The number of nitrogens with one attached hydrogen (secondary N) is 1. The summed E-state index contributed by atoms with van der Waals surface area (Å²) in [5, 5.41) is 3.99. The molecular formula is C20H29N3O3. The Morgan fingerprint density at radius 1 is 1.27 bits per heavy atom. The third kappa shape index (κ3) is 5.86. The molecule has 2 amide bonds. The van der Waals surface area contributed by atoms with Crippen molar-refractivity contribution in [2.45, 2.75) is 52.6 Å². The number of amides is 2. The normalized spacial score (nSPS) is 23.5. The van der Waals surface area contributed by atoms with Crippen LogP contribution in [0.5, 0.6) is 0 Å². The summed E-state index contributed by atoms with van der Waals surface area (Å²) in [5.41, 5.74) is 8.47. The van der Waals surface area contributed by atoms with E-state index < -0.39 is 6.03 Å². The molecular weight excluding hydrogens is 330 g/mol. The van der Waals surface area contributed by atoms with E-state index in [1.54, 1.807) is 0 Å². The number of ether oxygens (including phenoxy) is 1. The number of hydrogen-bond donors (Lipinski definition) is 2. The van der Waals surface area contributed by atoms with Crippen molar-refractivity contribution in [1.29, 1.82) is 0 Å². The van der Waals surface area contributed by atoms with Gasteiger partial charge in [0.1, 0.15) is 6.10 Å². The SMILES string of the molecule is CC(C)[C@@H]1CC[C@@H](C)C[C@H]1OC(=O)CC(=NNC(N)=O)c1ccccc1. The number of rotatable bonds is 6. The summed E-state index contributed by atoms with van der Waals surface area (Å²) < 4.78 is 5.83. The summed E-state index contributed by atoms with van der Waals surface area (Å²) in [7, 11) is 0. The number of urea groups is 1. The summed E-state index contributed by atoms with van der Waals surface area (Å²) in [5.74, 6) is 1.08. The van der Waals surface area contributed by atoms with E-state index in [2.05, 4.69) is 31.3 Å². The summed E-state index contributed by atoms with van der Waals surface area (Å²) in [6, 6.07) is 8.45. The standard InChI is InChI=1S/C20H29N3O3/c1-13(2)16-10-9-14(3)11-18(16)26-19(24)12-17(22-23-20(21)25)15-7-5-4-6-8-15/h4-8,13-14,16,18H,9-12H2,1-3H3,(H3,21,23,25)/t14-,16+,18-/m1/s1. The summed E-state index contributed by atoms with van der Waals surface area (Å²) in [6.07, 6.45) is 3.08. The number of carbonyl (C=O) groups is 2. The number of carbonyl (C=O) groups excluding carboxylic acids is 2. The fourth-order valence-corrected chi connectivity index (χ4v) is 3.56. The maximum Gasteiger partial charge on any atom is 0.332 e. The molecule has 0 radical (unpaired) electrons. The van der Waals surface area contributed by atoms with E-state index in [0.29, 0.717) is 23.5 Å². The second-order valence-electron chi connectivity index (χ2n) is 7.43. The molecule has 0 aromatic heterocycles. The van der Waals surface area contributed by atoms with Crippen LogP contribution in [0.25, 0.3) is 0 Å². The van der Waals surface area contributed by atoms with Gasteiger partial charge in [0.2, 0.25) is 0 Å². The molecule has 1 aliphatic rings. The zero-order valence-electron chi connectivity index (χ0n) is 15.8. The van der Waals surface area contributed by atoms with Crippen LogP contribution in [0.4, 0.5) is 4.79 Å². The first-order valence-electron chi connectivity index (χ1n) is 9.23. The molecule has 0 bridgehead atoms. The molecule has 6 heteroatoms.